The summed E-state index contributed by atoms with van der Waals surface area (Å²) in [5.41, 5.74) is 3.46. The number of nitrogens with zero attached hydrogens (tertiary/aromatic N) is 2. The third-order valence-electron chi connectivity index (χ3n) is 4.88. The molecule has 1 saturated heterocycles. The van der Waals surface area contributed by atoms with E-state index in [2.05, 4.69) is 28.5 Å². The van der Waals surface area contributed by atoms with Crippen LogP contribution in [0, 0.1) is 6.92 Å². The molecule has 1 aromatic heterocycles. The number of aryl methyl sites for hydroxylation is 1. The Bertz CT molecular complexity index is 855. The Morgan fingerprint density at radius 3 is 3.04 bits per heavy atom. The van der Waals surface area contributed by atoms with Crippen molar-refractivity contribution in [3.63, 3.8) is 0 Å². The number of benzene rings is 1. The fourth-order valence-electron chi connectivity index (χ4n) is 3.34. The maximum absolute atomic E-state index is 11.4. The summed E-state index contributed by atoms with van der Waals surface area (Å²) in [6.07, 6.45) is 1.28. The maximum Gasteiger partial charge on any atom is 0.262 e. The lowest BCUT2D eigenvalue weighted by Crippen LogP contribution is -2.42. The van der Waals surface area contributed by atoms with E-state index < -0.39 is 0 Å². The lowest BCUT2D eigenvalue weighted by atomic mass is 10.2. The van der Waals surface area contributed by atoms with Gasteiger partial charge in [-0.1, -0.05) is 6.92 Å². The summed E-state index contributed by atoms with van der Waals surface area (Å²) < 4.78 is 11.2. The van der Waals surface area contributed by atoms with Gasteiger partial charge in [-0.25, -0.2) is 4.98 Å². The average molecular weight is 368 g/mol. The van der Waals surface area contributed by atoms with Crippen molar-refractivity contribution in [1.82, 2.24) is 4.98 Å². The van der Waals surface area contributed by atoms with Crippen molar-refractivity contribution in [1.29, 1.82) is 0 Å². The smallest absolute Gasteiger partial charge is 0.262 e. The molecule has 2 aromatic rings. The summed E-state index contributed by atoms with van der Waals surface area (Å²) >= 11 is 0. The Kier molecular flexibility index (Phi) is 4.85. The molecule has 0 spiro atoms. The molecule has 1 amide bonds. The van der Waals surface area contributed by atoms with E-state index in [-0.39, 0.29) is 18.6 Å². The molecule has 2 aliphatic heterocycles. The highest BCUT2D eigenvalue weighted by molar-refractivity contribution is 5.95. The molecule has 1 atom stereocenters. The Hall–Kier alpha value is -2.80. The van der Waals surface area contributed by atoms with Crippen molar-refractivity contribution < 1.29 is 14.3 Å². The van der Waals surface area contributed by atoms with Gasteiger partial charge in [-0.05, 0) is 37.6 Å². The minimum Gasteiger partial charge on any atom is -0.482 e. The van der Waals surface area contributed by atoms with E-state index in [9.17, 15) is 4.79 Å². The number of pyridine rings is 1. The Labute approximate surface area is 158 Å². The molecular weight excluding hydrogens is 344 g/mol. The highest BCUT2D eigenvalue weighted by Gasteiger charge is 2.21. The molecule has 1 fully saturated rings. The van der Waals surface area contributed by atoms with Gasteiger partial charge in [0.05, 0.1) is 29.8 Å². The molecule has 2 N–H and O–H groups in total. The molecule has 4 rings (SSSR count). The predicted octanol–water partition coefficient (Wildman–Crippen LogP) is 3.08. The van der Waals surface area contributed by atoms with E-state index in [0.29, 0.717) is 11.4 Å². The van der Waals surface area contributed by atoms with Gasteiger partial charge < -0.3 is 25.0 Å². The van der Waals surface area contributed by atoms with Gasteiger partial charge in [-0.3, -0.25) is 4.79 Å². The summed E-state index contributed by atoms with van der Waals surface area (Å²) in [6, 6.07) is 9.73. The molecule has 7 heteroatoms. The lowest BCUT2D eigenvalue weighted by molar-refractivity contribution is -0.118. The zero-order valence-electron chi connectivity index (χ0n) is 15.6. The monoisotopic (exact) mass is 368 g/mol. The van der Waals surface area contributed by atoms with Crippen LogP contribution in [0.2, 0.25) is 0 Å². The van der Waals surface area contributed by atoms with Crippen LogP contribution in [0.1, 0.15) is 19.0 Å². The van der Waals surface area contributed by atoms with Crippen LogP contribution in [-0.4, -0.2) is 43.3 Å². The molecular formula is C20H24N4O3. The third kappa shape index (κ3) is 3.83. The predicted molar refractivity (Wildman–Crippen MR) is 105 cm³/mol. The van der Waals surface area contributed by atoms with E-state index in [1.165, 1.54) is 0 Å². The van der Waals surface area contributed by atoms with Gasteiger partial charge in [0, 0.05) is 24.8 Å². The van der Waals surface area contributed by atoms with Gasteiger partial charge >= 0.3 is 0 Å². The number of hydrogen-bond donors (Lipinski definition) is 2. The number of rotatable bonds is 4. The number of aromatic nitrogens is 1. The van der Waals surface area contributed by atoms with Crippen LogP contribution in [0.4, 0.5) is 22.9 Å². The number of fused-ring (bicyclic) bond motifs is 1. The molecule has 142 valence electrons. The maximum atomic E-state index is 11.4. The number of amides is 1. The molecule has 1 aromatic carbocycles. The van der Waals surface area contributed by atoms with Gasteiger partial charge in [0.2, 0.25) is 0 Å². The van der Waals surface area contributed by atoms with Crippen LogP contribution < -0.4 is 20.3 Å². The lowest BCUT2D eigenvalue weighted by Gasteiger charge is -2.33. The van der Waals surface area contributed by atoms with Crippen LogP contribution in [0.25, 0.3) is 0 Å². The van der Waals surface area contributed by atoms with Crippen LogP contribution in [-0.2, 0) is 9.53 Å². The molecule has 0 saturated carbocycles. The number of nitrogens with one attached hydrogen (secondary N) is 2. The van der Waals surface area contributed by atoms with Crippen LogP contribution in [0.3, 0.4) is 0 Å². The first-order valence-electron chi connectivity index (χ1n) is 9.30. The number of carbonyl (C=O) groups excluding carboxylic acids is 1. The highest BCUT2D eigenvalue weighted by Crippen LogP contribution is 2.32. The first kappa shape index (κ1) is 17.6. The number of carbonyl (C=O) groups is 1. The molecule has 2 aliphatic rings. The number of hydrogen-bond acceptors (Lipinski definition) is 6. The SMILES string of the molecule is CCC1CN(c2ccc(Nc3ccc4c(c3)OCC(=O)N4)c(C)n2)CCO1. The summed E-state index contributed by atoms with van der Waals surface area (Å²) in [6.45, 7) is 6.68. The third-order valence-corrected chi connectivity index (χ3v) is 4.88. The summed E-state index contributed by atoms with van der Waals surface area (Å²) in [4.78, 5) is 18.4. The number of ether oxygens (including phenoxy) is 2. The van der Waals surface area contributed by atoms with Gasteiger partial charge in [-0.15, -0.1) is 0 Å². The number of anilines is 4. The molecule has 3 heterocycles. The van der Waals surface area contributed by atoms with E-state index in [1.807, 2.05) is 31.2 Å². The summed E-state index contributed by atoms with van der Waals surface area (Å²) in [5, 5.41) is 6.18. The Balaban J connectivity index is 1.49. The minimum atomic E-state index is -0.132. The van der Waals surface area contributed by atoms with Crippen LogP contribution in [0.5, 0.6) is 5.75 Å². The number of morpholine rings is 1. The van der Waals surface area contributed by atoms with Gasteiger partial charge in [0.1, 0.15) is 11.6 Å². The average Bonchev–Trinajstić information content (AvgIpc) is 2.69. The second-order valence-electron chi connectivity index (χ2n) is 6.82. The van der Waals surface area contributed by atoms with Crippen LogP contribution in [0.15, 0.2) is 30.3 Å². The van der Waals surface area contributed by atoms with Crippen molar-refractivity contribution in [2.75, 3.05) is 41.8 Å². The fraction of sp³-hybridized carbons (Fsp3) is 0.400. The topological polar surface area (TPSA) is 75.7 Å². The fourth-order valence-corrected chi connectivity index (χ4v) is 3.34. The molecule has 0 aliphatic carbocycles. The Morgan fingerprint density at radius 2 is 2.22 bits per heavy atom. The van der Waals surface area contributed by atoms with Crippen molar-refractivity contribution in [3.8, 4) is 5.75 Å². The summed E-state index contributed by atoms with van der Waals surface area (Å²) in [7, 11) is 0. The van der Waals surface area contributed by atoms with Crippen molar-refractivity contribution in [2.24, 2.45) is 0 Å². The van der Waals surface area contributed by atoms with E-state index in [1.54, 1.807) is 0 Å². The van der Waals surface area contributed by atoms with E-state index >= 15 is 0 Å². The van der Waals surface area contributed by atoms with Crippen molar-refractivity contribution in [2.45, 2.75) is 26.4 Å². The van der Waals surface area contributed by atoms with E-state index in [4.69, 9.17) is 14.5 Å². The second-order valence-corrected chi connectivity index (χ2v) is 6.82. The summed E-state index contributed by atoms with van der Waals surface area (Å²) in [5.74, 6) is 1.52. The normalized spacial score (nSPS) is 19.1. The zero-order valence-corrected chi connectivity index (χ0v) is 15.6. The van der Waals surface area contributed by atoms with Crippen molar-refractivity contribution in [3.05, 3.63) is 36.0 Å². The van der Waals surface area contributed by atoms with Gasteiger partial charge in [0.15, 0.2) is 6.61 Å². The van der Waals surface area contributed by atoms with Gasteiger partial charge in [0.25, 0.3) is 5.91 Å². The quantitative estimate of drug-likeness (QED) is 0.864. The Morgan fingerprint density at radius 1 is 1.33 bits per heavy atom. The van der Waals surface area contributed by atoms with Crippen LogP contribution >= 0.6 is 0 Å². The first-order valence-corrected chi connectivity index (χ1v) is 9.30. The molecule has 0 bridgehead atoms. The minimum absolute atomic E-state index is 0.0457. The molecule has 27 heavy (non-hydrogen) atoms. The first-order chi connectivity index (χ1) is 13.1. The standard InChI is InChI=1S/C20H24N4O3/c1-3-15-11-24(8-9-26-15)19-7-6-16(13(2)21-19)22-14-4-5-17-18(10-14)27-12-20(25)23-17/h4-7,10,15,22H,3,8-9,11-12H2,1-2H3,(H,23,25). The largest absolute Gasteiger partial charge is 0.482 e. The molecule has 1 unspecified atom stereocenters. The molecule has 7 nitrogen and oxygen atoms in total. The van der Waals surface area contributed by atoms with Gasteiger partial charge in [-0.2, -0.15) is 0 Å². The van der Waals surface area contributed by atoms with Crippen molar-refractivity contribution >= 4 is 28.8 Å². The second kappa shape index (κ2) is 7.44. The zero-order chi connectivity index (χ0) is 18.8. The van der Waals surface area contributed by atoms with E-state index in [0.717, 1.165) is 49.0 Å². The molecule has 0 radical (unpaired) electrons. The highest BCUT2D eigenvalue weighted by atomic mass is 16.5.